The zero-order valence-electron chi connectivity index (χ0n) is 18.9. The van der Waals surface area contributed by atoms with Gasteiger partial charge in [0.2, 0.25) is 11.8 Å². The molecule has 1 saturated heterocycles. The lowest BCUT2D eigenvalue weighted by atomic mass is 10.1. The largest absolute Gasteiger partial charge is 0.350 e. The van der Waals surface area contributed by atoms with Crippen LogP contribution in [0.2, 0.25) is 5.02 Å². The van der Waals surface area contributed by atoms with Crippen LogP contribution in [0.15, 0.2) is 42.6 Å². The normalized spacial score (nSPS) is 20.4. The molecule has 178 valence electrons. The van der Waals surface area contributed by atoms with E-state index in [0.717, 1.165) is 6.42 Å². The summed E-state index contributed by atoms with van der Waals surface area (Å²) in [6.45, 7) is 1.37. The number of fused-ring (bicyclic) bond motifs is 2. The first-order valence-electron chi connectivity index (χ1n) is 11.3. The van der Waals surface area contributed by atoms with Crippen LogP contribution in [0.25, 0.3) is 10.9 Å². The van der Waals surface area contributed by atoms with Crippen LogP contribution < -0.4 is 5.32 Å². The van der Waals surface area contributed by atoms with Crippen LogP contribution in [0, 0.1) is 23.1 Å². The molecule has 3 atom stereocenters. The number of nitrogens with zero attached hydrogens (tertiary/aromatic N) is 3. The maximum Gasteiger partial charge on any atom is 0.243 e. The average molecular weight is 493 g/mol. The Morgan fingerprint density at radius 3 is 2.77 bits per heavy atom. The van der Waals surface area contributed by atoms with E-state index in [4.69, 9.17) is 11.6 Å². The van der Waals surface area contributed by atoms with Crippen LogP contribution in [-0.2, 0) is 22.7 Å². The zero-order valence-corrected chi connectivity index (χ0v) is 19.7. The van der Waals surface area contributed by atoms with Gasteiger partial charge in [-0.3, -0.25) is 14.4 Å². The van der Waals surface area contributed by atoms with Gasteiger partial charge in [0.15, 0.2) is 5.78 Å². The van der Waals surface area contributed by atoms with Crippen molar-refractivity contribution in [2.75, 3.05) is 0 Å². The summed E-state index contributed by atoms with van der Waals surface area (Å²) in [5.41, 5.74) is 1.79. The highest BCUT2D eigenvalue weighted by molar-refractivity contribution is 6.30. The molecule has 2 heterocycles. The maximum atomic E-state index is 14.2. The lowest BCUT2D eigenvalue weighted by Crippen LogP contribution is -2.48. The van der Waals surface area contributed by atoms with Gasteiger partial charge in [-0.05, 0) is 43.9 Å². The second-order valence-electron chi connectivity index (χ2n) is 9.12. The summed E-state index contributed by atoms with van der Waals surface area (Å²) >= 11 is 5.82. The predicted octanol–water partition coefficient (Wildman–Crippen LogP) is 3.81. The van der Waals surface area contributed by atoms with E-state index in [9.17, 15) is 24.0 Å². The quantitative estimate of drug-likeness (QED) is 0.529. The first kappa shape index (κ1) is 23.1. The third-order valence-corrected chi connectivity index (χ3v) is 7.17. The van der Waals surface area contributed by atoms with Gasteiger partial charge in [-0.2, -0.15) is 5.26 Å². The first-order chi connectivity index (χ1) is 16.8. The monoisotopic (exact) mass is 492 g/mol. The summed E-state index contributed by atoms with van der Waals surface area (Å²) in [7, 11) is 0. The molecule has 0 bridgehead atoms. The van der Waals surface area contributed by atoms with Crippen molar-refractivity contribution in [1.29, 1.82) is 5.26 Å². The van der Waals surface area contributed by atoms with E-state index in [0.29, 0.717) is 28.5 Å². The molecule has 7 nitrogen and oxygen atoms in total. The van der Waals surface area contributed by atoms with Crippen molar-refractivity contribution in [2.24, 2.45) is 5.92 Å². The molecule has 2 aromatic carbocycles. The number of carbonyl (C=O) groups is 3. The van der Waals surface area contributed by atoms with Crippen molar-refractivity contribution in [2.45, 2.75) is 44.9 Å². The van der Waals surface area contributed by atoms with Gasteiger partial charge in [-0.25, -0.2) is 4.39 Å². The summed E-state index contributed by atoms with van der Waals surface area (Å²) < 4.78 is 15.9. The minimum atomic E-state index is -0.641. The van der Waals surface area contributed by atoms with Crippen molar-refractivity contribution >= 4 is 40.1 Å². The molecule has 1 aliphatic carbocycles. The fourth-order valence-electron chi connectivity index (χ4n) is 5.03. The number of Topliss-reactive ketones (excluding diaryl/α,β-unsaturated/α-hetero) is 1. The molecule has 2 fully saturated rings. The number of aromatic nitrogens is 1. The molecule has 3 aromatic rings. The topological polar surface area (TPSA) is 95.2 Å². The number of hydrogen-bond donors (Lipinski definition) is 1. The molecule has 5 rings (SSSR count). The third-order valence-electron chi connectivity index (χ3n) is 6.88. The van der Waals surface area contributed by atoms with Crippen molar-refractivity contribution in [3.8, 4) is 6.07 Å². The number of rotatable bonds is 6. The molecule has 35 heavy (non-hydrogen) atoms. The van der Waals surface area contributed by atoms with Gasteiger partial charge in [0, 0.05) is 35.3 Å². The predicted molar refractivity (Wildman–Crippen MR) is 127 cm³/mol. The minimum absolute atomic E-state index is 0.00456. The average Bonchev–Trinajstić information content (AvgIpc) is 3.35. The van der Waals surface area contributed by atoms with Gasteiger partial charge in [0.1, 0.15) is 18.4 Å². The Bertz CT molecular complexity index is 1430. The standard InChI is InChI=1S/C26H22ClFN4O3/c1-14(33)19-12-31(22-7-15(10-29)5-6-18(19)22)13-24(34)32-21-8-17(21)9-23(32)26(35)30-11-16-3-2-4-20(27)25(16)28/h2-7,12,17,21,23H,8-9,11,13H2,1H3,(H,30,35)/t17-,21-,23+/m1/s1. The molecule has 1 saturated carbocycles. The third kappa shape index (κ3) is 4.17. The number of amides is 2. The Hall–Kier alpha value is -3.70. The second kappa shape index (κ2) is 8.82. The molecule has 0 unspecified atom stereocenters. The second-order valence-corrected chi connectivity index (χ2v) is 9.52. The van der Waals surface area contributed by atoms with E-state index < -0.39 is 11.9 Å². The fourth-order valence-corrected chi connectivity index (χ4v) is 5.23. The summed E-state index contributed by atoms with van der Waals surface area (Å²) in [5, 5.41) is 12.7. The molecule has 2 amide bonds. The maximum absolute atomic E-state index is 14.2. The number of nitriles is 1. The number of piperidine rings is 1. The summed E-state index contributed by atoms with van der Waals surface area (Å²) in [6.07, 6.45) is 3.04. The van der Waals surface area contributed by atoms with E-state index in [1.165, 1.54) is 13.0 Å². The number of benzene rings is 2. The molecule has 1 aromatic heterocycles. The number of hydrogen-bond acceptors (Lipinski definition) is 4. The Morgan fingerprint density at radius 1 is 1.23 bits per heavy atom. The zero-order chi connectivity index (χ0) is 24.9. The molecule has 2 aliphatic rings. The van der Waals surface area contributed by atoms with E-state index in [1.807, 2.05) is 0 Å². The fraction of sp³-hybridized carbons (Fsp3) is 0.308. The molecule has 0 spiro atoms. The Balaban J connectivity index is 1.36. The highest BCUT2D eigenvalue weighted by atomic mass is 35.5. The Morgan fingerprint density at radius 2 is 2.03 bits per heavy atom. The minimum Gasteiger partial charge on any atom is -0.350 e. The van der Waals surface area contributed by atoms with E-state index >= 15 is 0 Å². The molecule has 0 radical (unpaired) electrons. The summed E-state index contributed by atoms with van der Waals surface area (Å²) in [5.74, 6) is -1.01. The van der Waals surface area contributed by atoms with Crippen molar-refractivity contribution < 1.29 is 18.8 Å². The number of likely N-dealkylation sites (tertiary alicyclic amines) is 1. The number of halogens is 2. The highest BCUT2D eigenvalue weighted by Gasteiger charge is 2.55. The van der Waals surface area contributed by atoms with Crippen LogP contribution in [0.5, 0.6) is 0 Å². The lowest BCUT2D eigenvalue weighted by Gasteiger charge is -2.27. The van der Waals surface area contributed by atoms with Crippen LogP contribution in [0.1, 0.15) is 41.3 Å². The molecule has 1 N–H and O–H groups in total. The van der Waals surface area contributed by atoms with E-state index in [-0.39, 0.29) is 53.2 Å². The molecule has 1 aliphatic heterocycles. The number of carbonyl (C=O) groups excluding carboxylic acids is 3. The molecular formula is C26H22ClFN4O3. The van der Waals surface area contributed by atoms with E-state index in [2.05, 4.69) is 11.4 Å². The molecule has 9 heteroatoms. The summed E-state index contributed by atoms with van der Waals surface area (Å²) in [4.78, 5) is 40.2. The highest BCUT2D eigenvalue weighted by Crippen LogP contribution is 2.48. The van der Waals surface area contributed by atoms with Gasteiger partial charge >= 0.3 is 0 Å². The van der Waals surface area contributed by atoms with Crippen LogP contribution in [0.3, 0.4) is 0 Å². The van der Waals surface area contributed by atoms with Gasteiger partial charge in [-0.15, -0.1) is 0 Å². The SMILES string of the molecule is CC(=O)c1cn(CC(=O)N2[C@@H]3C[C@@H]3C[C@H]2C(=O)NCc2cccc(Cl)c2F)c2cc(C#N)ccc12. The first-order valence-corrected chi connectivity index (χ1v) is 11.7. The lowest BCUT2D eigenvalue weighted by molar-refractivity contribution is -0.140. The Kier molecular flexibility index (Phi) is 5.81. The number of ketones is 1. The van der Waals surface area contributed by atoms with Crippen LogP contribution >= 0.6 is 11.6 Å². The van der Waals surface area contributed by atoms with Crippen LogP contribution in [-0.4, -0.2) is 39.1 Å². The molecular weight excluding hydrogens is 471 g/mol. The van der Waals surface area contributed by atoms with E-state index in [1.54, 1.807) is 46.0 Å². The number of nitrogens with one attached hydrogen (secondary N) is 1. The van der Waals surface area contributed by atoms with Gasteiger partial charge in [-0.1, -0.05) is 29.8 Å². The smallest absolute Gasteiger partial charge is 0.243 e. The summed E-state index contributed by atoms with van der Waals surface area (Å²) in [6, 6.07) is 11.1. The van der Waals surface area contributed by atoms with Crippen molar-refractivity contribution in [3.63, 3.8) is 0 Å². The van der Waals surface area contributed by atoms with Crippen molar-refractivity contribution in [1.82, 2.24) is 14.8 Å². The van der Waals surface area contributed by atoms with Crippen LogP contribution in [0.4, 0.5) is 4.39 Å². The van der Waals surface area contributed by atoms with Crippen molar-refractivity contribution in [3.05, 3.63) is 70.1 Å². The van der Waals surface area contributed by atoms with Gasteiger partial charge in [0.25, 0.3) is 0 Å². The van der Waals surface area contributed by atoms with Gasteiger partial charge < -0.3 is 14.8 Å². The van der Waals surface area contributed by atoms with Gasteiger partial charge in [0.05, 0.1) is 22.2 Å². The Labute approximate surface area is 206 Å².